The average molecular weight is 464 g/mol. The van der Waals surface area contributed by atoms with Gasteiger partial charge in [-0.3, -0.25) is 4.79 Å². The van der Waals surface area contributed by atoms with Gasteiger partial charge in [-0.1, -0.05) is 6.07 Å². The number of rotatable bonds is 7. The van der Waals surface area contributed by atoms with E-state index in [0.717, 1.165) is 12.1 Å². The lowest BCUT2D eigenvalue weighted by Crippen LogP contribution is -2.29. The summed E-state index contributed by atoms with van der Waals surface area (Å²) in [5.41, 5.74) is 1.88. The molecule has 0 aliphatic heterocycles. The Morgan fingerprint density at radius 1 is 1.03 bits per heavy atom. The first-order valence-electron chi connectivity index (χ1n) is 10.6. The van der Waals surface area contributed by atoms with Gasteiger partial charge in [0.1, 0.15) is 22.6 Å². The molecule has 0 spiro atoms. The Labute approximate surface area is 194 Å². The van der Waals surface area contributed by atoms with E-state index in [-0.39, 0.29) is 16.9 Å². The summed E-state index contributed by atoms with van der Waals surface area (Å²) in [4.78, 5) is 17.4. The first-order chi connectivity index (χ1) is 16.4. The van der Waals surface area contributed by atoms with Crippen LogP contribution in [0.4, 0.5) is 14.5 Å². The maximum atomic E-state index is 13.4. The molecule has 174 valence electrons. The normalized spacial score (nSPS) is 11.6. The van der Waals surface area contributed by atoms with E-state index in [0.29, 0.717) is 47.4 Å². The van der Waals surface area contributed by atoms with Gasteiger partial charge in [-0.2, -0.15) is 0 Å². The van der Waals surface area contributed by atoms with Gasteiger partial charge in [0.05, 0.1) is 12.8 Å². The van der Waals surface area contributed by atoms with E-state index in [1.165, 1.54) is 18.2 Å². The van der Waals surface area contributed by atoms with E-state index in [4.69, 9.17) is 9.15 Å². The molecule has 3 aromatic carbocycles. The number of carbonyl (C=O) groups excluding carboxylic acids is 1. The first-order valence-corrected chi connectivity index (χ1v) is 10.6. The number of carbonyl (C=O) groups is 1. The molecule has 0 aliphatic rings. The van der Waals surface area contributed by atoms with Crippen LogP contribution in [0.1, 0.15) is 22.3 Å². The minimum Gasteiger partial charge on any atom is -0.508 e. The van der Waals surface area contributed by atoms with Gasteiger partial charge in [0.15, 0.2) is 11.6 Å². The zero-order valence-electron chi connectivity index (χ0n) is 18.3. The Bertz CT molecular complexity index is 1400. The lowest BCUT2D eigenvalue weighted by Gasteiger charge is -2.08. The molecule has 4 rings (SSSR count). The van der Waals surface area contributed by atoms with E-state index in [9.17, 15) is 18.7 Å². The van der Waals surface area contributed by atoms with Crippen molar-refractivity contribution in [3.63, 3.8) is 0 Å². The number of phenolic OH excluding ortho intramolecular Hbond substituents is 1. The van der Waals surface area contributed by atoms with Crippen LogP contribution in [0, 0.1) is 11.6 Å². The number of fused-ring (bicyclic) bond motifs is 1. The number of benzene rings is 3. The highest BCUT2D eigenvalue weighted by atomic mass is 19.2. The van der Waals surface area contributed by atoms with Crippen LogP contribution < -0.4 is 15.6 Å². The van der Waals surface area contributed by atoms with Gasteiger partial charge in [0.2, 0.25) is 5.55 Å². The summed E-state index contributed by atoms with van der Waals surface area (Å²) < 4.78 is 37.5. The molecule has 0 fully saturated rings. The van der Waals surface area contributed by atoms with Crippen molar-refractivity contribution in [2.45, 2.75) is 12.8 Å². The number of halogens is 2. The standard InChI is InChI=1S/C26H22F2N2O4/c1-33-20-9-6-18(7-10-20)30-26-21(14-17-5-8-19(31)15-24(17)34-26)25(32)29-12-2-3-16-4-11-22(27)23(28)13-16/h4-11,13-15,31H,2-3,12H2,1H3,(H,29,32). The average Bonchev–Trinajstić information content (AvgIpc) is 2.84. The number of ether oxygens (including phenoxy) is 1. The zero-order valence-corrected chi connectivity index (χ0v) is 18.3. The number of methoxy groups -OCH3 is 1. The van der Waals surface area contributed by atoms with Crippen molar-refractivity contribution in [2.24, 2.45) is 4.99 Å². The summed E-state index contributed by atoms with van der Waals surface area (Å²) in [6.07, 6.45) is 1.00. The molecule has 4 aromatic rings. The van der Waals surface area contributed by atoms with Crippen molar-refractivity contribution >= 4 is 22.6 Å². The number of amides is 1. The molecule has 8 heteroatoms. The third kappa shape index (κ3) is 5.40. The molecule has 2 N–H and O–H groups in total. The maximum absolute atomic E-state index is 13.4. The predicted molar refractivity (Wildman–Crippen MR) is 123 cm³/mol. The van der Waals surface area contributed by atoms with Crippen LogP contribution in [0.5, 0.6) is 11.5 Å². The second-order valence-electron chi connectivity index (χ2n) is 7.61. The quantitative estimate of drug-likeness (QED) is 0.376. The lowest BCUT2D eigenvalue weighted by molar-refractivity contribution is 0.0949. The van der Waals surface area contributed by atoms with Gasteiger partial charge in [0, 0.05) is 18.0 Å². The topological polar surface area (TPSA) is 84.1 Å². The largest absolute Gasteiger partial charge is 0.508 e. The Kier molecular flexibility index (Phi) is 6.87. The van der Waals surface area contributed by atoms with Crippen LogP contribution in [-0.4, -0.2) is 24.7 Å². The second-order valence-corrected chi connectivity index (χ2v) is 7.61. The molecule has 34 heavy (non-hydrogen) atoms. The summed E-state index contributed by atoms with van der Waals surface area (Å²) in [7, 11) is 1.56. The fourth-order valence-corrected chi connectivity index (χ4v) is 3.41. The molecule has 0 unspecified atom stereocenters. The van der Waals surface area contributed by atoms with Crippen molar-refractivity contribution in [3.05, 3.63) is 95.0 Å². The number of nitrogens with one attached hydrogen (secondary N) is 1. The molecule has 1 aromatic heterocycles. The van der Waals surface area contributed by atoms with Crippen LogP contribution in [-0.2, 0) is 6.42 Å². The van der Waals surface area contributed by atoms with Gasteiger partial charge < -0.3 is 19.6 Å². The van der Waals surface area contributed by atoms with Crippen LogP contribution in [0.25, 0.3) is 11.0 Å². The van der Waals surface area contributed by atoms with Gasteiger partial charge >= 0.3 is 0 Å². The summed E-state index contributed by atoms with van der Waals surface area (Å²) >= 11 is 0. The van der Waals surface area contributed by atoms with Gasteiger partial charge in [0.25, 0.3) is 5.91 Å². The van der Waals surface area contributed by atoms with Crippen molar-refractivity contribution in [1.82, 2.24) is 5.32 Å². The maximum Gasteiger partial charge on any atom is 0.256 e. The molecular weight excluding hydrogens is 442 g/mol. The fraction of sp³-hybridized carbons (Fsp3) is 0.154. The van der Waals surface area contributed by atoms with Crippen molar-refractivity contribution in [1.29, 1.82) is 0 Å². The number of aryl methyl sites for hydroxylation is 1. The van der Waals surface area contributed by atoms with E-state index in [1.54, 1.807) is 43.5 Å². The molecule has 6 nitrogen and oxygen atoms in total. The summed E-state index contributed by atoms with van der Waals surface area (Å²) in [6.45, 7) is 0.313. The Morgan fingerprint density at radius 2 is 1.82 bits per heavy atom. The Hall–Kier alpha value is -4.20. The third-order valence-electron chi connectivity index (χ3n) is 5.19. The minimum atomic E-state index is -0.893. The van der Waals surface area contributed by atoms with Crippen molar-refractivity contribution in [2.75, 3.05) is 13.7 Å². The molecule has 1 amide bonds. The zero-order chi connectivity index (χ0) is 24.1. The fourth-order valence-electron chi connectivity index (χ4n) is 3.41. The molecule has 1 heterocycles. The minimum absolute atomic E-state index is 0.0288. The van der Waals surface area contributed by atoms with E-state index in [1.807, 2.05) is 0 Å². The molecule has 0 saturated heterocycles. The molecule has 0 bridgehead atoms. The molecular formula is C26H22F2N2O4. The Morgan fingerprint density at radius 3 is 2.56 bits per heavy atom. The SMILES string of the molecule is COc1ccc(N=c2oc3cc(O)ccc3cc2C(=O)NCCCc2ccc(F)c(F)c2)cc1. The van der Waals surface area contributed by atoms with Crippen molar-refractivity contribution in [3.8, 4) is 11.5 Å². The van der Waals surface area contributed by atoms with Crippen molar-refractivity contribution < 1.29 is 27.8 Å². The predicted octanol–water partition coefficient (Wildman–Crippen LogP) is 5.02. The molecule has 0 atom stereocenters. The first kappa shape index (κ1) is 23.0. The lowest BCUT2D eigenvalue weighted by atomic mass is 10.1. The number of nitrogens with zero attached hydrogens (tertiary/aromatic N) is 1. The van der Waals surface area contributed by atoms with Crippen LogP contribution >= 0.6 is 0 Å². The van der Waals surface area contributed by atoms with E-state index < -0.39 is 17.5 Å². The third-order valence-corrected chi connectivity index (χ3v) is 5.19. The second kappa shape index (κ2) is 10.2. The van der Waals surface area contributed by atoms with Crippen LogP contribution in [0.2, 0.25) is 0 Å². The molecule has 0 saturated carbocycles. The number of hydrogen-bond acceptors (Lipinski definition) is 5. The van der Waals surface area contributed by atoms with Crippen LogP contribution in [0.15, 0.2) is 76.1 Å². The highest BCUT2D eigenvalue weighted by molar-refractivity contribution is 5.96. The van der Waals surface area contributed by atoms with E-state index in [2.05, 4.69) is 10.3 Å². The monoisotopic (exact) mass is 464 g/mol. The summed E-state index contributed by atoms with van der Waals surface area (Å²) in [6, 6.07) is 16.9. The number of hydrogen-bond donors (Lipinski definition) is 2. The summed E-state index contributed by atoms with van der Waals surface area (Å²) in [5, 5.41) is 13.2. The molecule has 0 radical (unpaired) electrons. The molecule has 0 aliphatic carbocycles. The summed E-state index contributed by atoms with van der Waals surface area (Å²) in [5.74, 6) is -1.48. The Balaban J connectivity index is 1.57. The number of phenols is 1. The van der Waals surface area contributed by atoms with Gasteiger partial charge in [-0.15, -0.1) is 0 Å². The van der Waals surface area contributed by atoms with E-state index >= 15 is 0 Å². The van der Waals surface area contributed by atoms with Gasteiger partial charge in [-0.25, -0.2) is 13.8 Å². The highest BCUT2D eigenvalue weighted by Gasteiger charge is 2.13. The number of aromatic hydroxyl groups is 1. The smallest absolute Gasteiger partial charge is 0.256 e. The highest BCUT2D eigenvalue weighted by Crippen LogP contribution is 2.21. The van der Waals surface area contributed by atoms with Gasteiger partial charge in [-0.05, 0) is 73.0 Å². The van der Waals surface area contributed by atoms with Crippen LogP contribution in [0.3, 0.4) is 0 Å².